The summed E-state index contributed by atoms with van der Waals surface area (Å²) in [6, 6.07) is 35.6. The van der Waals surface area contributed by atoms with E-state index in [1.54, 1.807) is 0 Å². The van der Waals surface area contributed by atoms with Crippen LogP contribution in [0, 0.1) is 0 Å². The molecule has 0 heterocycles. The number of aliphatic hydroxyl groups excluding tert-OH is 1. The van der Waals surface area contributed by atoms with Crippen LogP contribution in [-0.4, -0.2) is 137 Å². The number of Topliss-reactive ketones (excluding diaryl/α,β-unsaturated/α-hetero) is 2. The molecule has 0 amide bonds. The van der Waals surface area contributed by atoms with Crippen LogP contribution in [0.25, 0.3) is 0 Å². The van der Waals surface area contributed by atoms with Crippen molar-refractivity contribution in [2.24, 2.45) is 0 Å². The number of likely N-dealkylation sites (N-methyl/N-ethyl adjacent to an activating group) is 4. The molecule has 0 radical (unpaired) electrons. The van der Waals surface area contributed by atoms with E-state index in [4.69, 9.17) is 19.3 Å². The van der Waals surface area contributed by atoms with Crippen LogP contribution < -0.4 is 9.80 Å². The highest BCUT2D eigenvalue weighted by molar-refractivity contribution is 6.04. The highest BCUT2D eigenvalue weighted by atomic mass is 16.5. The van der Waals surface area contributed by atoms with Crippen LogP contribution in [0.2, 0.25) is 0 Å². The monoisotopic (exact) mass is 1050 g/mol. The van der Waals surface area contributed by atoms with Gasteiger partial charge in [-0.1, -0.05) is 117 Å². The van der Waals surface area contributed by atoms with Gasteiger partial charge in [0.1, 0.15) is 13.2 Å². The lowest BCUT2D eigenvalue weighted by molar-refractivity contribution is -0.144. The second kappa shape index (κ2) is 38.4. The smallest absolute Gasteiger partial charge is 0.330 e. The Morgan fingerprint density at radius 1 is 0.500 bits per heavy atom. The number of esters is 3. The van der Waals surface area contributed by atoms with Gasteiger partial charge in [-0.05, 0) is 146 Å². The topological polar surface area (TPSA) is 146 Å². The van der Waals surface area contributed by atoms with Crippen molar-refractivity contribution in [1.29, 1.82) is 0 Å². The van der Waals surface area contributed by atoms with Crippen molar-refractivity contribution in [2.75, 3.05) is 91.6 Å². The molecule has 0 aliphatic rings. The standard InChI is InChI=1S/C31H42N2O5.C28H40N2O4.4CH4/c1-6-28(34)37-22-13-9-12-16-29(35)38-23-21-33(5)27-19-17-26(18-20-27)30(36)31(7-2,32(3)4)24-25-14-10-8-11-15-25;1-5-28(29(2)3,22-23-12-8-6-9-13-23)27(33)24-15-17-25(18-16-24)30(4)19-21-34-26(32)14-10-7-11-20-31;;;;/h6,8,10-11,14-15,17-20H,1,7,9,12-13,16,21-24H2,2-5H3;6,8-9,12-13,15-18,31H,5,7,10-11,14,19-22H2,1-4H3;4*1H4. The molecule has 0 saturated heterocycles. The molecule has 4 aromatic carbocycles. The molecule has 0 bridgehead atoms. The van der Waals surface area contributed by atoms with E-state index >= 15 is 0 Å². The normalized spacial score (nSPS) is 12.0. The predicted octanol–water partition coefficient (Wildman–Crippen LogP) is 12.0. The third-order valence-electron chi connectivity index (χ3n) is 13.4. The van der Waals surface area contributed by atoms with E-state index in [-0.39, 0.29) is 66.4 Å². The quantitative estimate of drug-likeness (QED) is 0.0163. The molecule has 76 heavy (non-hydrogen) atoms. The maximum atomic E-state index is 13.7. The molecule has 1 N–H and O–H groups in total. The fraction of sp³-hybridized carbons (Fsp3) is 0.508. The van der Waals surface area contributed by atoms with Gasteiger partial charge in [0.15, 0.2) is 11.6 Å². The predicted molar refractivity (Wildman–Crippen MR) is 316 cm³/mol. The Morgan fingerprint density at radius 2 is 0.868 bits per heavy atom. The SMILES string of the molecule is C.C.C.C.C=CC(=O)OCCCCCC(=O)OCCN(C)c1ccc(C(=O)C(CC)(Cc2ccccc2)N(C)C)cc1.CCC(Cc1ccccc1)(C(=O)c1ccc(N(C)CCOC(=O)CCCCCO)cc1)N(C)C. The van der Waals surface area contributed by atoms with E-state index in [1.807, 2.05) is 147 Å². The van der Waals surface area contributed by atoms with Crippen LogP contribution in [-0.2, 0) is 41.4 Å². The highest BCUT2D eigenvalue weighted by Gasteiger charge is 2.40. The van der Waals surface area contributed by atoms with Gasteiger partial charge in [-0.25, -0.2) is 4.79 Å². The number of anilines is 2. The summed E-state index contributed by atoms with van der Waals surface area (Å²) in [4.78, 5) is 70.3. The Bertz CT molecular complexity index is 2240. The molecule has 4 rings (SSSR count). The van der Waals surface area contributed by atoms with Crippen molar-refractivity contribution in [1.82, 2.24) is 9.80 Å². The first-order valence-electron chi connectivity index (χ1n) is 25.4. The first-order valence-corrected chi connectivity index (χ1v) is 25.4. The Morgan fingerprint density at radius 3 is 1.20 bits per heavy atom. The zero-order chi connectivity index (χ0) is 52.9. The number of benzene rings is 4. The molecule has 13 nitrogen and oxygen atoms in total. The zero-order valence-electron chi connectivity index (χ0n) is 44.4. The molecular formula is C63H98N4O9. The van der Waals surface area contributed by atoms with Crippen molar-refractivity contribution in [3.8, 4) is 0 Å². The van der Waals surface area contributed by atoms with E-state index in [2.05, 4.69) is 44.7 Å². The first-order chi connectivity index (χ1) is 34.6. The third kappa shape index (κ3) is 23.0. The van der Waals surface area contributed by atoms with E-state index in [1.165, 1.54) is 0 Å². The molecule has 2 atom stereocenters. The number of ketones is 2. The van der Waals surface area contributed by atoms with Gasteiger partial charge < -0.3 is 29.1 Å². The Kier molecular flexibility index (Phi) is 36.3. The molecule has 13 heteroatoms. The molecule has 0 aliphatic carbocycles. The molecule has 0 aliphatic heterocycles. The van der Waals surface area contributed by atoms with E-state index in [9.17, 15) is 24.0 Å². The summed E-state index contributed by atoms with van der Waals surface area (Å²) in [5, 5.41) is 8.78. The Labute approximate surface area is 459 Å². The van der Waals surface area contributed by atoms with Gasteiger partial charge in [-0.2, -0.15) is 0 Å². The number of ether oxygens (including phenoxy) is 3. The van der Waals surface area contributed by atoms with E-state index < -0.39 is 17.0 Å². The van der Waals surface area contributed by atoms with Gasteiger partial charge in [0.25, 0.3) is 0 Å². The Hall–Kier alpha value is -6.15. The van der Waals surface area contributed by atoms with Crippen LogP contribution >= 0.6 is 0 Å². The van der Waals surface area contributed by atoms with Crippen LogP contribution in [0.1, 0.15) is 140 Å². The minimum atomic E-state index is -0.626. The zero-order valence-corrected chi connectivity index (χ0v) is 44.4. The minimum absolute atomic E-state index is 0. The van der Waals surface area contributed by atoms with Crippen LogP contribution in [0.3, 0.4) is 0 Å². The van der Waals surface area contributed by atoms with E-state index in [0.29, 0.717) is 95.2 Å². The second-order valence-corrected chi connectivity index (χ2v) is 18.6. The number of unbranched alkanes of at least 4 members (excludes halogenated alkanes) is 4. The van der Waals surface area contributed by atoms with E-state index in [0.717, 1.165) is 47.8 Å². The summed E-state index contributed by atoms with van der Waals surface area (Å²) in [6.45, 7) is 9.67. The molecule has 0 fully saturated rings. The van der Waals surface area contributed by atoms with Gasteiger partial charge in [-0.15, -0.1) is 0 Å². The largest absolute Gasteiger partial charge is 0.464 e. The molecule has 0 aromatic heterocycles. The summed E-state index contributed by atoms with van der Waals surface area (Å²) in [7, 11) is 11.8. The average Bonchev–Trinajstić information content (AvgIpc) is 3.39. The summed E-state index contributed by atoms with van der Waals surface area (Å²) >= 11 is 0. The number of hydrogen-bond acceptors (Lipinski definition) is 13. The number of hydrogen-bond donors (Lipinski definition) is 1. The number of carbonyl (C=O) groups is 5. The van der Waals surface area contributed by atoms with Crippen molar-refractivity contribution >= 4 is 40.8 Å². The van der Waals surface area contributed by atoms with Crippen LogP contribution in [0.5, 0.6) is 0 Å². The maximum Gasteiger partial charge on any atom is 0.330 e. The number of rotatable bonds is 32. The summed E-state index contributed by atoms with van der Waals surface area (Å²) in [5.74, 6) is -0.643. The lowest BCUT2D eigenvalue weighted by Crippen LogP contribution is -2.52. The third-order valence-corrected chi connectivity index (χ3v) is 13.4. The molecular weight excluding hydrogens is 957 g/mol. The number of aliphatic hydroxyl groups is 1. The average molecular weight is 1060 g/mol. The summed E-state index contributed by atoms with van der Waals surface area (Å²) in [6.07, 6.45) is 9.02. The molecule has 424 valence electrons. The number of nitrogens with zero attached hydrogens (tertiary/aromatic N) is 4. The maximum absolute atomic E-state index is 13.7. The highest BCUT2D eigenvalue weighted by Crippen LogP contribution is 2.30. The lowest BCUT2D eigenvalue weighted by atomic mass is 9.80. The lowest BCUT2D eigenvalue weighted by Gasteiger charge is -2.38. The van der Waals surface area contributed by atoms with Crippen LogP contribution in [0.4, 0.5) is 11.4 Å². The molecule has 0 spiro atoms. The fourth-order valence-electron chi connectivity index (χ4n) is 8.56. The number of carbonyl (C=O) groups excluding carboxylic acids is 5. The molecule has 0 saturated carbocycles. The van der Waals surface area contributed by atoms with Gasteiger partial charge in [0, 0.05) is 62.1 Å². The van der Waals surface area contributed by atoms with Crippen LogP contribution in [0.15, 0.2) is 122 Å². The molecule has 2 unspecified atom stereocenters. The van der Waals surface area contributed by atoms with Crippen molar-refractivity contribution in [3.05, 3.63) is 144 Å². The Balaban J connectivity index is 0. The van der Waals surface area contributed by atoms with Crippen molar-refractivity contribution in [3.63, 3.8) is 0 Å². The fourth-order valence-corrected chi connectivity index (χ4v) is 8.56. The van der Waals surface area contributed by atoms with Gasteiger partial charge >= 0.3 is 17.9 Å². The summed E-state index contributed by atoms with van der Waals surface area (Å²) in [5.41, 5.74) is 4.32. The second-order valence-electron chi connectivity index (χ2n) is 18.6. The van der Waals surface area contributed by atoms with Crippen molar-refractivity contribution in [2.45, 2.75) is 132 Å². The van der Waals surface area contributed by atoms with Gasteiger partial charge in [0.2, 0.25) is 0 Å². The van der Waals surface area contributed by atoms with Crippen molar-refractivity contribution < 1.29 is 43.3 Å². The minimum Gasteiger partial charge on any atom is -0.464 e. The molecule has 4 aromatic rings. The first kappa shape index (κ1) is 71.9. The summed E-state index contributed by atoms with van der Waals surface area (Å²) < 4.78 is 15.6. The van der Waals surface area contributed by atoms with Gasteiger partial charge in [0.05, 0.1) is 30.8 Å². The van der Waals surface area contributed by atoms with Gasteiger partial charge in [-0.3, -0.25) is 29.0 Å².